The van der Waals surface area contributed by atoms with Crippen molar-refractivity contribution in [3.05, 3.63) is 57.0 Å². The third-order valence-corrected chi connectivity index (χ3v) is 3.60. The van der Waals surface area contributed by atoms with E-state index in [0.717, 1.165) is 16.0 Å². The molecular weight excluding hydrogens is 245 g/mol. The summed E-state index contributed by atoms with van der Waals surface area (Å²) in [5.41, 5.74) is 2.41. The highest BCUT2D eigenvalue weighted by molar-refractivity contribution is 7.12. The molecule has 0 radical (unpaired) electrons. The molecule has 2 aromatic rings. The Balaban J connectivity index is 2.43. The van der Waals surface area contributed by atoms with Crippen molar-refractivity contribution in [1.82, 2.24) is 0 Å². The maximum atomic E-state index is 12.8. The van der Waals surface area contributed by atoms with Gasteiger partial charge >= 0.3 is 0 Å². The Morgan fingerprint density at radius 3 is 2.44 bits per heavy atom. The Labute approximate surface area is 110 Å². The number of hydrogen-bond donors (Lipinski definition) is 0. The van der Waals surface area contributed by atoms with Crippen LogP contribution in [0.4, 0.5) is 4.39 Å². The van der Waals surface area contributed by atoms with Gasteiger partial charge in [-0.05, 0) is 43.7 Å². The molecule has 0 fully saturated rings. The van der Waals surface area contributed by atoms with Crippen molar-refractivity contribution >= 4 is 23.0 Å². The van der Waals surface area contributed by atoms with E-state index in [1.54, 1.807) is 29.5 Å². The van der Waals surface area contributed by atoms with Crippen molar-refractivity contribution in [3.8, 4) is 6.07 Å². The maximum Gasteiger partial charge on any atom is 0.123 e. The predicted molar refractivity (Wildman–Crippen MR) is 73.7 cm³/mol. The van der Waals surface area contributed by atoms with Gasteiger partial charge in [0.05, 0.1) is 11.6 Å². The molecule has 1 aromatic heterocycles. The molecule has 0 amide bonds. The van der Waals surface area contributed by atoms with Crippen LogP contribution in [-0.2, 0) is 0 Å². The fourth-order valence-corrected chi connectivity index (χ4v) is 2.73. The molecule has 0 aliphatic rings. The van der Waals surface area contributed by atoms with Gasteiger partial charge in [-0.15, -0.1) is 11.3 Å². The minimum absolute atomic E-state index is 0.270. The van der Waals surface area contributed by atoms with Gasteiger partial charge in [0.15, 0.2) is 0 Å². The molecule has 0 aliphatic heterocycles. The SMILES string of the molecule is Cc1cc(/C(C#N)=C\c2ccc(F)cc2)c(C)s1. The van der Waals surface area contributed by atoms with Crippen molar-refractivity contribution in [2.24, 2.45) is 0 Å². The van der Waals surface area contributed by atoms with Gasteiger partial charge in [-0.25, -0.2) is 4.39 Å². The van der Waals surface area contributed by atoms with Crippen LogP contribution in [0, 0.1) is 31.0 Å². The summed E-state index contributed by atoms with van der Waals surface area (Å²) in [6, 6.07) is 10.3. The third kappa shape index (κ3) is 2.66. The fraction of sp³-hybridized carbons (Fsp3) is 0.133. The average molecular weight is 257 g/mol. The maximum absolute atomic E-state index is 12.8. The van der Waals surface area contributed by atoms with Crippen LogP contribution in [0.1, 0.15) is 20.9 Å². The molecule has 0 aliphatic carbocycles. The second-order valence-corrected chi connectivity index (χ2v) is 5.51. The van der Waals surface area contributed by atoms with Crippen LogP contribution in [0.15, 0.2) is 30.3 Å². The lowest BCUT2D eigenvalue weighted by Crippen LogP contribution is -1.82. The second kappa shape index (κ2) is 5.16. The summed E-state index contributed by atoms with van der Waals surface area (Å²) in [5, 5.41) is 9.24. The van der Waals surface area contributed by atoms with Crippen molar-refractivity contribution in [2.45, 2.75) is 13.8 Å². The lowest BCUT2D eigenvalue weighted by Gasteiger charge is -1.98. The summed E-state index contributed by atoms with van der Waals surface area (Å²) in [6.07, 6.45) is 1.79. The molecule has 90 valence electrons. The first-order chi connectivity index (χ1) is 8.60. The van der Waals surface area contributed by atoms with Gasteiger partial charge in [-0.1, -0.05) is 12.1 Å². The molecule has 1 aromatic carbocycles. The van der Waals surface area contributed by atoms with E-state index < -0.39 is 0 Å². The van der Waals surface area contributed by atoms with Gasteiger partial charge in [-0.2, -0.15) is 5.26 Å². The van der Waals surface area contributed by atoms with E-state index in [0.29, 0.717) is 5.57 Å². The van der Waals surface area contributed by atoms with Crippen LogP contribution in [0.5, 0.6) is 0 Å². The van der Waals surface area contributed by atoms with Crippen LogP contribution in [0.25, 0.3) is 11.6 Å². The summed E-state index contributed by atoms with van der Waals surface area (Å²) in [5.74, 6) is -0.270. The van der Waals surface area contributed by atoms with Crippen LogP contribution < -0.4 is 0 Å². The Kier molecular flexibility index (Phi) is 3.59. The summed E-state index contributed by atoms with van der Waals surface area (Å²) in [6.45, 7) is 4.02. The molecule has 0 unspecified atom stereocenters. The number of nitrogens with zero attached hydrogens (tertiary/aromatic N) is 1. The van der Waals surface area contributed by atoms with E-state index in [1.165, 1.54) is 17.0 Å². The predicted octanol–water partition coefficient (Wildman–Crippen LogP) is 4.57. The standard InChI is InChI=1S/C15H12FNS/c1-10-7-15(11(2)18-10)13(9-17)8-12-3-5-14(16)6-4-12/h3-8H,1-2H3/b13-8-. The van der Waals surface area contributed by atoms with Crippen molar-refractivity contribution < 1.29 is 4.39 Å². The lowest BCUT2D eigenvalue weighted by atomic mass is 10.0. The summed E-state index contributed by atoms with van der Waals surface area (Å²) in [4.78, 5) is 2.31. The van der Waals surface area contributed by atoms with Crippen LogP contribution in [0.3, 0.4) is 0 Å². The van der Waals surface area contributed by atoms with E-state index in [-0.39, 0.29) is 5.82 Å². The molecule has 2 rings (SSSR count). The molecule has 3 heteroatoms. The zero-order chi connectivity index (χ0) is 13.1. The zero-order valence-corrected chi connectivity index (χ0v) is 11.0. The fourth-order valence-electron chi connectivity index (χ4n) is 1.79. The minimum atomic E-state index is -0.270. The number of rotatable bonds is 2. The smallest absolute Gasteiger partial charge is 0.123 e. The molecule has 0 N–H and O–H groups in total. The number of benzene rings is 1. The largest absolute Gasteiger partial charge is 0.207 e. The molecular formula is C15H12FNS. The van der Waals surface area contributed by atoms with E-state index in [4.69, 9.17) is 0 Å². The second-order valence-electron chi connectivity index (χ2n) is 4.05. The normalized spacial score (nSPS) is 11.3. The number of thiophene rings is 1. The van der Waals surface area contributed by atoms with Gasteiger partial charge < -0.3 is 0 Å². The molecule has 0 atom stereocenters. The average Bonchev–Trinajstić information content (AvgIpc) is 2.68. The van der Waals surface area contributed by atoms with Crippen molar-refractivity contribution in [2.75, 3.05) is 0 Å². The number of hydrogen-bond acceptors (Lipinski definition) is 2. The summed E-state index contributed by atoms with van der Waals surface area (Å²) in [7, 11) is 0. The number of aryl methyl sites for hydroxylation is 2. The molecule has 0 saturated carbocycles. The van der Waals surface area contributed by atoms with Crippen molar-refractivity contribution in [3.63, 3.8) is 0 Å². The molecule has 1 nitrogen and oxygen atoms in total. The first-order valence-corrected chi connectivity index (χ1v) is 6.36. The molecule has 0 bridgehead atoms. The Morgan fingerprint density at radius 1 is 1.28 bits per heavy atom. The van der Waals surface area contributed by atoms with Crippen molar-refractivity contribution in [1.29, 1.82) is 5.26 Å². The quantitative estimate of drug-likeness (QED) is 0.723. The third-order valence-electron chi connectivity index (χ3n) is 2.63. The van der Waals surface area contributed by atoms with Crippen LogP contribution in [0.2, 0.25) is 0 Å². The molecule has 0 spiro atoms. The number of halogens is 1. The summed E-state index contributed by atoms with van der Waals surface area (Å²) >= 11 is 1.67. The Morgan fingerprint density at radius 2 is 1.94 bits per heavy atom. The van der Waals surface area contributed by atoms with E-state index in [1.807, 2.05) is 19.9 Å². The van der Waals surface area contributed by atoms with E-state index in [9.17, 15) is 9.65 Å². The first-order valence-electron chi connectivity index (χ1n) is 5.55. The van der Waals surface area contributed by atoms with E-state index >= 15 is 0 Å². The molecule has 1 heterocycles. The van der Waals surface area contributed by atoms with Crippen LogP contribution >= 0.6 is 11.3 Å². The van der Waals surface area contributed by atoms with Gasteiger partial charge in [0.25, 0.3) is 0 Å². The highest BCUT2D eigenvalue weighted by atomic mass is 32.1. The van der Waals surface area contributed by atoms with Crippen LogP contribution in [-0.4, -0.2) is 0 Å². The van der Waals surface area contributed by atoms with E-state index in [2.05, 4.69) is 6.07 Å². The van der Waals surface area contributed by atoms with Gasteiger partial charge in [0, 0.05) is 15.3 Å². The minimum Gasteiger partial charge on any atom is -0.207 e. The highest BCUT2D eigenvalue weighted by Crippen LogP contribution is 2.28. The lowest BCUT2D eigenvalue weighted by molar-refractivity contribution is 0.628. The zero-order valence-electron chi connectivity index (χ0n) is 10.2. The summed E-state index contributed by atoms with van der Waals surface area (Å²) < 4.78 is 12.8. The monoisotopic (exact) mass is 257 g/mol. The molecule has 0 saturated heterocycles. The Hall–Kier alpha value is -1.92. The van der Waals surface area contributed by atoms with Gasteiger partial charge in [0.1, 0.15) is 5.82 Å². The van der Waals surface area contributed by atoms with Gasteiger partial charge in [0.2, 0.25) is 0 Å². The number of nitriles is 1. The Bertz CT molecular complexity index is 630. The highest BCUT2D eigenvalue weighted by Gasteiger charge is 2.08. The topological polar surface area (TPSA) is 23.8 Å². The first kappa shape index (κ1) is 12.5. The number of allylic oxidation sites excluding steroid dienone is 1. The molecule has 18 heavy (non-hydrogen) atoms. The van der Waals surface area contributed by atoms with Gasteiger partial charge in [-0.3, -0.25) is 0 Å².